The second kappa shape index (κ2) is 3.73. The third-order valence-electron chi connectivity index (χ3n) is 3.03. The Kier molecular flexibility index (Phi) is 2.66. The van der Waals surface area contributed by atoms with Crippen LogP contribution in [-0.2, 0) is 5.54 Å². The lowest BCUT2D eigenvalue weighted by molar-refractivity contribution is 0.355. The van der Waals surface area contributed by atoms with E-state index < -0.39 is 34.4 Å². The minimum atomic E-state index is -1.36. The largest absolute Gasteiger partial charge is 0.307 e. The molecule has 0 aromatic heterocycles. The third kappa shape index (κ3) is 1.59. The van der Waals surface area contributed by atoms with Crippen LogP contribution < -0.4 is 5.32 Å². The molecule has 0 amide bonds. The van der Waals surface area contributed by atoms with Gasteiger partial charge < -0.3 is 5.32 Å². The highest BCUT2D eigenvalue weighted by atomic mass is 19.2. The molecule has 1 N–H and O–H groups in total. The molecular formula is C11H11F4N. The van der Waals surface area contributed by atoms with Crippen LogP contribution in [0.5, 0.6) is 0 Å². The summed E-state index contributed by atoms with van der Waals surface area (Å²) in [5, 5.41) is 2.87. The number of halogens is 4. The summed E-state index contributed by atoms with van der Waals surface area (Å²) in [7, 11) is 0. The van der Waals surface area contributed by atoms with Gasteiger partial charge in [-0.3, -0.25) is 0 Å². The molecule has 1 aromatic carbocycles. The maximum absolute atomic E-state index is 13.5. The first-order valence-electron chi connectivity index (χ1n) is 5.04. The van der Waals surface area contributed by atoms with Gasteiger partial charge in [-0.1, -0.05) is 0 Å². The van der Waals surface area contributed by atoms with Crippen LogP contribution in [0.1, 0.15) is 25.3 Å². The van der Waals surface area contributed by atoms with Crippen molar-refractivity contribution in [1.29, 1.82) is 0 Å². The first-order chi connectivity index (χ1) is 7.46. The predicted molar refractivity (Wildman–Crippen MR) is 50.9 cm³/mol. The van der Waals surface area contributed by atoms with E-state index in [2.05, 4.69) is 5.32 Å². The Bertz CT molecular complexity index is 398. The fraction of sp³-hybridized carbons (Fsp3) is 0.455. The molecule has 16 heavy (non-hydrogen) atoms. The molecule has 88 valence electrons. The highest BCUT2D eigenvalue weighted by Crippen LogP contribution is 2.35. The minimum absolute atomic E-state index is 0.229. The van der Waals surface area contributed by atoms with Crippen LogP contribution in [0.25, 0.3) is 0 Å². The summed E-state index contributed by atoms with van der Waals surface area (Å²) in [6, 6.07) is 0.229. The summed E-state index contributed by atoms with van der Waals surface area (Å²) in [5.41, 5.74) is -1.57. The molecule has 0 spiro atoms. The number of hydrogen-bond donors (Lipinski definition) is 1. The van der Waals surface area contributed by atoms with E-state index in [1.54, 1.807) is 6.92 Å². The lowest BCUT2D eigenvalue weighted by Crippen LogP contribution is -2.36. The van der Waals surface area contributed by atoms with Crippen molar-refractivity contribution in [3.8, 4) is 0 Å². The molecule has 1 nitrogen and oxygen atoms in total. The molecule has 1 unspecified atom stereocenters. The monoisotopic (exact) mass is 233 g/mol. The van der Waals surface area contributed by atoms with Gasteiger partial charge in [-0.15, -0.1) is 0 Å². The van der Waals surface area contributed by atoms with Gasteiger partial charge in [0.2, 0.25) is 0 Å². The Hall–Kier alpha value is -1.10. The van der Waals surface area contributed by atoms with Crippen LogP contribution in [0.15, 0.2) is 6.07 Å². The lowest BCUT2D eigenvalue weighted by atomic mass is 9.89. The molecule has 1 aromatic rings. The van der Waals surface area contributed by atoms with Crippen molar-refractivity contribution >= 4 is 0 Å². The molecule has 5 heteroatoms. The van der Waals surface area contributed by atoms with Crippen LogP contribution in [0.2, 0.25) is 0 Å². The van der Waals surface area contributed by atoms with E-state index in [1.165, 1.54) is 0 Å². The highest BCUT2D eigenvalue weighted by molar-refractivity contribution is 5.30. The van der Waals surface area contributed by atoms with E-state index in [9.17, 15) is 17.6 Å². The topological polar surface area (TPSA) is 12.0 Å². The van der Waals surface area contributed by atoms with E-state index in [1.807, 2.05) is 0 Å². The van der Waals surface area contributed by atoms with Crippen molar-refractivity contribution in [2.45, 2.75) is 25.3 Å². The summed E-state index contributed by atoms with van der Waals surface area (Å²) in [5.74, 6) is -5.33. The van der Waals surface area contributed by atoms with Crippen molar-refractivity contribution in [2.75, 3.05) is 6.54 Å². The smallest absolute Gasteiger partial charge is 0.167 e. The molecule has 0 aliphatic carbocycles. The fourth-order valence-electron chi connectivity index (χ4n) is 2.17. The summed E-state index contributed by atoms with van der Waals surface area (Å²) in [6.07, 6.45) is 1.16. The normalized spacial score (nSPS) is 25.1. The van der Waals surface area contributed by atoms with Crippen LogP contribution in [0.4, 0.5) is 17.6 Å². The molecular weight excluding hydrogens is 222 g/mol. The van der Waals surface area contributed by atoms with Crippen LogP contribution in [0.3, 0.4) is 0 Å². The SMILES string of the molecule is CC1(c2c(F)c(F)cc(F)c2F)CCCN1. The molecule has 1 heterocycles. The Morgan fingerprint density at radius 1 is 1.12 bits per heavy atom. The molecule has 1 saturated heterocycles. The second-order valence-corrected chi connectivity index (χ2v) is 4.21. The Balaban J connectivity index is 2.63. The maximum Gasteiger partial charge on any atom is 0.167 e. The van der Waals surface area contributed by atoms with E-state index in [-0.39, 0.29) is 6.07 Å². The molecule has 0 radical (unpaired) electrons. The van der Waals surface area contributed by atoms with E-state index >= 15 is 0 Å². The summed E-state index contributed by atoms with van der Waals surface area (Å²) in [4.78, 5) is 0. The highest BCUT2D eigenvalue weighted by Gasteiger charge is 2.37. The molecule has 1 atom stereocenters. The molecule has 1 aliphatic rings. The van der Waals surface area contributed by atoms with Crippen LogP contribution in [-0.4, -0.2) is 6.54 Å². The average Bonchev–Trinajstić information content (AvgIpc) is 2.63. The lowest BCUT2D eigenvalue weighted by Gasteiger charge is -2.26. The fourth-order valence-corrected chi connectivity index (χ4v) is 2.17. The van der Waals surface area contributed by atoms with Crippen LogP contribution in [0, 0.1) is 23.3 Å². The first kappa shape index (κ1) is 11.4. The second-order valence-electron chi connectivity index (χ2n) is 4.21. The molecule has 1 aliphatic heterocycles. The van der Waals surface area contributed by atoms with Gasteiger partial charge in [0.1, 0.15) is 0 Å². The van der Waals surface area contributed by atoms with Crippen molar-refractivity contribution in [3.05, 3.63) is 34.9 Å². The molecule has 0 bridgehead atoms. The average molecular weight is 233 g/mol. The Morgan fingerprint density at radius 2 is 1.69 bits per heavy atom. The predicted octanol–water partition coefficient (Wildman–Crippen LogP) is 2.84. The molecule has 1 fully saturated rings. The number of rotatable bonds is 1. The summed E-state index contributed by atoms with van der Waals surface area (Å²) in [6.45, 7) is 2.12. The number of hydrogen-bond acceptors (Lipinski definition) is 1. The van der Waals surface area contributed by atoms with Gasteiger partial charge in [0.25, 0.3) is 0 Å². The van der Waals surface area contributed by atoms with Gasteiger partial charge in [-0.2, -0.15) is 0 Å². The van der Waals surface area contributed by atoms with E-state index in [0.29, 0.717) is 19.4 Å². The Labute approximate surface area is 90.5 Å². The third-order valence-corrected chi connectivity index (χ3v) is 3.03. The minimum Gasteiger partial charge on any atom is -0.307 e. The van der Waals surface area contributed by atoms with Gasteiger partial charge in [-0.05, 0) is 26.3 Å². The van der Waals surface area contributed by atoms with E-state index in [4.69, 9.17) is 0 Å². The van der Waals surface area contributed by atoms with Crippen LogP contribution >= 0.6 is 0 Å². The van der Waals surface area contributed by atoms with E-state index in [0.717, 1.165) is 0 Å². The van der Waals surface area contributed by atoms with Gasteiger partial charge in [-0.25, -0.2) is 17.6 Å². The van der Waals surface area contributed by atoms with Crippen molar-refractivity contribution < 1.29 is 17.6 Å². The van der Waals surface area contributed by atoms with Gasteiger partial charge in [0.05, 0.1) is 0 Å². The zero-order chi connectivity index (χ0) is 11.9. The van der Waals surface area contributed by atoms with Crippen molar-refractivity contribution in [1.82, 2.24) is 5.32 Å². The Morgan fingerprint density at radius 3 is 2.12 bits per heavy atom. The van der Waals surface area contributed by atoms with Gasteiger partial charge in [0.15, 0.2) is 23.3 Å². The quantitative estimate of drug-likeness (QED) is 0.581. The summed E-state index contributed by atoms with van der Waals surface area (Å²) < 4.78 is 53.1. The number of benzene rings is 1. The maximum atomic E-state index is 13.5. The zero-order valence-corrected chi connectivity index (χ0v) is 8.71. The molecule has 0 saturated carbocycles. The molecule has 2 rings (SSSR count). The zero-order valence-electron chi connectivity index (χ0n) is 8.71. The van der Waals surface area contributed by atoms with Crippen molar-refractivity contribution in [3.63, 3.8) is 0 Å². The standard InChI is InChI=1S/C11H11F4N/c1-11(3-2-4-16-11)8-9(14)6(12)5-7(13)10(8)15/h5,16H,2-4H2,1H3. The van der Waals surface area contributed by atoms with Crippen molar-refractivity contribution in [2.24, 2.45) is 0 Å². The first-order valence-corrected chi connectivity index (χ1v) is 5.04. The summed E-state index contributed by atoms with van der Waals surface area (Å²) >= 11 is 0. The van der Waals surface area contributed by atoms with Gasteiger partial charge >= 0.3 is 0 Å². The number of nitrogens with one attached hydrogen (secondary N) is 1. The van der Waals surface area contributed by atoms with Gasteiger partial charge in [0, 0.05) is 17.2 Å².